The summed E-state index contributed by atoms with van der Waals surface area (Å²) in [5.74, 6) is 1.58. The van der Waals surface area contributed by atoms with Crippen molar-refractivity contribution < 1.29 is 9.18 Å². The molecule has 1 heterocycles. The van der Waals surface area contributed by atoms with Crippen LogP contribution in [-0.2, 0) is 11.2 Å². The Hall–Kier alpha value is -2.34. The number of hydrogen-bond acceptors (Lipinski definition) is 4. The minimum absolute atomic E-state index is 0.0637. The summed E-state index contributed by atoms with van der Waals surface area (Å²) in [6, 6.07) is 5.70. The average Bonchev–Trinajstić information content (AvgIpc) is 3.65. The van der Waals surface area contributed by atoms with E-state index in [0.29, 0.717) is 18.3 Å². The van der Waals surface area contributed by atoms with Crippen LogP contribution in [0.15, 0.2) is 42.4 Å². The zero-order chi connectivity index (χ0) is 24.3. The number of nitrogens with one attached hydrogen (secondary N) is 4. The lowest BCUT2D eigenvalue weighted by atomic mass is 9.90. The van der Waals surface area contributed by atoms with E-state index < -0.39 is 0 Å². The monoisotopic (exact) mass is 470 g/mol. The second-order valence-electron chi connectivity index (χ2n) is 9.94. The van der Waals surface area contributed by atoms with Gasteiger partial charge in [-0.1, -0.05) is 44.9 Å². The van der Waals surface area contributed by atoms with Crippen LogP contribution in [-0.4, -0.2) is 19.5 Å². The number of carbonyl (C=O) groups is 1. The molecule has 1 saturated carbocycles. The molecule has 5 nitrogen and oxygen atoms in total. The van der Waals surface area contributed by atoms with Gasteiger partial charge in [0.15, 0.2) is 0 Å². The van der Waals surface area contributed by atoms with Crippen LogP contribution in [0.25, 0.3) is 0 Å². The molecule has 4 N–H and O–H groups in total. The van der Waals surface area contributed by atoms with Crippen molar-refractivity contribution >= 4 is 5.91 Å². The molecule has 1 aliphatic heterocycles. The Morgan fingerprint density at radius 2 is 2.09 bits per heavy atom. The molecule has 2 unspecified atom stereocenters. The fraction of sp³-hybridized carbons (Fsp3) is 0.607. The standard InChI is InChI=1S/C28H43FN4O/c1-4-22(24-13-15-27(29)25(17-24)12-11-21-9-10-21)18-31-26(19-32-30-3)8-6-5-7-23-14-16-28(34)33-20(23)2/h13,15,17,19,21-23,30-32H,2,4-12,14,16,18H2,1,3H3,(H,33,34)/b26-19-. The van der Waals surface area contributed by atoms with E-state index in [1.165, 1.54) is 24.1 Å². The van der Waals surface area contributed by atoms with Gasteiger partial charge >= 0.3 is 0 Å². The number of hydrogen-bond donors (Lipinski definition) is 4. The van der Waals surface area contributed by atoms with Gasteiger partial charge in [0, 0.05) is 43.5 Å². The van der Waals surface area contributed by atoms with Crippen molar-refractivity contribution in [2.24, 2.45) is 11.8 Å². The van der Waals surface area contributed by atoms with E-state index in [9.17, 15) is 9.18 Å². The topological polar surface area (TPSA) is 65.2 Å². The van der Waals surface area contributed by atoms with E-state index in [1.807, 2.05) is 19.3 Å². The number of allylic oxidation sites excluding steroid dienone is 2. The van der Waals surface area contributed by atoms with Crippen molar-refractivity contribution in [3.05, 3.63) is 59.3 Å². The van der Waals surface area contributed by atoms with Gasteiger partial charge in [-0.25, -0.2) is 9.82 Å². The van der Waals surface area contributed by atoms with Crippen LogP contribution in [0.2, 0.25) is 0 Å². The Morgan fingerprint density at radius 3 is 2.79 bits per heavy atom. The molecule has 2 fully saturated rings. The normalized spacial score (nSPS) is 19.6. The van der Waals surface area contributed by atoms with Crippen LogP contribution in [0.4, 0.5) is 4.39 Å². The van der Waals surface area contributed by atoms with Crippen molar-refractivity contribution in [1.82, 2.24) is 21.5 Å². The first-order chi connectivity index (χ1) is 16.5. The average molecular weight is 471 g/mol. The molecule has 1 aliphatic carbocycles. The summed E-state index contributed by atoms with van der Waals surface area (Å²) in [4.78, 5) is 11.5. The zero-order valence-corrected chi connectivity index (χ0v) is 21.0. The minimum Gasteiger partial charge on any atom is -0.387 e. The molecule has 3 rings (SSSR count). The highest BCUT2D eigenvalue weighted by Crippen LogP contribution is 2.34. The molecule has 2 atom stereocenters. The van der Waals surface area contributed by atoms with Gasteiger partial charge in [-0.3, -0.25) is 4.79 Å². The van der Waals surface area contributed by atoms with Crippen molar-refractivity contribution in [2.75, 3.05) is 13.6 Å². The van der Waals surface area contributed by atoms with Gasteiger partial charge in [-0.2, -0.15) is 0 Å². The summed E-state index contributed by atoms with van der Waals surface area (Å²) in [6.45, 7) is 7.05. The van der Waals surface area contributed by atoms with E-state index in [-0.39, 0.29) is 11.7 Å². The molecule has 1 aromatic carbocycles. The first-order valence-electron chi connectivity index (χ1n) is 13.1. The zero-order valence-electron chi connectivity index (χ0n) is 21.0. The summed E-state index contributed by atoms with van der Waals surface area (Å²) in [5, 5.41) is 6.53. The predicted octanol–water partition coefficient (Wildman–Crippen LogP) is 5.42. The highest BCUT2D eigenvalue weighted by atomic mass is 19.1. The van der Waals surface area contributed by atoms with E-state index >= 15 is 0 Å². The number of halogens is 1. The van der Waals surface area contributed by atoms with Crippen LogP contribution in [0, 0.1) is 17.7 Å². The lowest BCUT2D eigenvalue weighted by molar-refractivity contribution is -0.121. The molecule has 0 radical (unpaired) electrons. The van der Waals surface area contributed by atoms with Crippen molar-refractivity contribution in [3.8, 4) is 0 Å². The highest BCUT2D eigenvalue weighted by Gasteiger charge is 2.22. The van der Waals surface area contributed by atoms with Gasteiger partial charge in [-0.15, -0.1) is 0 Å². The molecule has 0 aromatic heterocycles. The Kier molecular flexibility index (Phi) is 10.4. The third-order valence-corrected chi connectivity index (χ3v) is 7.28. The quantitative estimate of drug-likeness (QED) is 0.204. The summed E-state index contributed by atoms with van der Waals surface area (Å²) < 4.78 is 14.3. The highest BCUT2D eigenvalue weighted by molar-refractivity contribution is 5.78. The molecule has 2 aliphatic rings. The SMILES string of the molecule is C=C1NC(=O)CCC1CCCC/C(=C/NNC)NCC(CC)c1ccc(F)c(CCC2CC2)c1. The summed E-state index contributed by atoms with van der Waals surface area (Å²) in [5.41, 5.74) is 10.2. The molecule has 0 spiro atoms. The summed E-state index contributed by atoms with van der Waals surface area (Å²) in [7, 11) is 1.85. The molecular formula is C28H43FN4O. The Morgan fingerprint density at radius 1 is 1.26 bits per heavy atom. The third kappa shape index (κ3) is 8.46. The number of unbranched alkanes of at least 4 members (excludes halogenated alkanes) is 1. The van der Waals surface area contributed by atoms with Crippen LogP contribution >= 0.6 is 0 Å². The number of hydrazine groups is 1. The lowest BCUT2D eigenvalue weighted by Gasteiger charge is -2.25. The second kappa shape index (κ2) is 13.5. The molecule has 1 amide bonds. The number of piperidine rings is 1. The maximum atomic E-state index is 14.3. The number of carbonyl (C=O) groups excluding carboxylic acids is 1. The van der Waals surface area contributed by atoms with Crippen LogP contribution in [0.3, 0.4) is 0 Å². The van der Waals surface area contributed by atoms with Gasteiger partial charge in [0.25, 0.3) is 0 Å². The molecule has 6 heteroatoms. The van der Waals surface area contributed by atoms with Crippen molar-refractivity contribution in [2.45, 2.75) is 83.5 Å². The largest absolute Gasteiger partial charge is 0.387 e. The Bertz CT molecular complexity index is 849. The molecule has 1 aromatic rings. The van der Waals surface area contributed by atoms with Crippen molar-refractivity contribution in [3.63, 3.8) is 0 Å². The van der Waals surface area contributed by atoms with E-state index in [1.54, 1.807) is 6.07 Å². The third-order valence-electron chi connectivity index (χ3n) is 7.28. The number of amides is 1. The van der Waals surface area contributed by atoms with E-state index in [0.717, 1.165) is 75.1 Å². The second-order valence-corrected chi connectivity index (χ2v) is 9.94. The van der Waals surface area contributed by atoms with Gasteiger partial charge in [0.1, 0.15) is 5.82 Å². The fourth-order valence-electron chi connectivity index (χ4n) is 4.78. The minimum atomic E-state index is -0.0637. The first-order valence-corrected chi connectivity index (χ1v) is 13.1. The number of rotatable bonds is 15. The molecule has 1 saturated heterocycles. The van der Waals surface area contributed by atoms with E-state index in [4.69, 9.17) is 0 Å². The fourth-order valence-corrected chi connectivity index (χ4v) is 4.78. The molecule has 34 heavy (non-hydrogen) atoms. The number of aryl methyl sites for hydroxylation is 1. The molecular weight excluding hydrogens is 427 g/mol. The van der Waals surface area contributed by atoms with Crippen LogP contribution < -0.4 is 21.5 Å². The van der Waals surface area contributed by atoms with Gasteiger partial charge in [0.05, 0.1) is 0 Å². The molecule has 188 valence electrons. The summed E-state index contributed by atoms with van der Waals surface area (Å²) >= 11 is 0. The van der Waals surface area contributed by atoms with E-state index in [2.05, 4.69) is 41.1 Å². The number of benzene rings is 1. The van der Waals surface area contributed by atoms with Crippen LogP contribution in [0.1, 0.15) is 88.2 Å². The Labute approximate surface area is 205 Å². The maximum Gasteiger partial charge on any atom is 0.224 e. The van der Waals surface area contributed by atoms with Crippen LogP contribution in [0.5, 0.6) is 0 Å². The lowest BCUT2D eigenvalue weighted by Crippen LogP contribution is -2.32. The van der Waals surface area contributed by atoms with Crippen molar-refractivity contribution in [1.29, 1.82) is 0 Å². The Balaban J connectivity index is 1.49. The van der Waals surface area contributed by atoms with Gasteiger partial charge < -0.3 is 16.1 Å². The van der Waals surface area contributed by atoms with Gasteiger partial charge in [-0.05, 0) is 74.0 Å². The van der Waals surface area contributed by atoms with Gasteiger partial charge in [0.2, 0.25) is 5.91 Å². The predicted molar refractivity (Wildman–Crippen MR) is 137 cm³/mol. The first kappa shape index (κ1) is 26.3. The smallest absolute Gasteiger partial charge is 0.224 e. The molecule has 0 bridgehead atoms. The maximum absolute atomic E-state index is 14.3. The summed E-state index contributed by atoms with van der Waals surface area (Å²) in [6.07, 6.45) is 13.3.